The lowest BCUT2D eigenvalue weighted by atomic mass is 10.2. The van der Waals surface area contributed by atoms with E-state index in [1.165, 1.54) is 0 Å². The molecule has 0 saturated heterocycles. The molecule has 0 N–H and O–H groups in total. The zero-order valence-electron chi connectivity index (χ0n) is 12.3. The molecule has 1 heterocycles. The first kappa shape index (κ1) is 16.3. The highest BCUT2D eigenvalue weighted by Gasteiger charge is 2.01. The minimum absolute atomic E-state index is 0.619. The van der Waals surface area contributed by atoms with Gasteiger partial charge in [-0.25, -0.2) is 4.98 Å². The lowest BCUT2D eigenvalue weighted by Crippen LogP contribution is -1.97. The molecule has 0 unspecified atom stereocenters. The number of rotatable bonds is 6. The Kier molecular flexibility index (Phi) is 5.55. The number of hydrogen-bond donors (Lipinski definition) is 0. The van der Waals surface area contributed by atoms with E-state index in [0.717, 1.165) is 33.0 Å². The molecule has 3 aromatic rings. The van der Waals surface area contributed by atoms with Crippen LogP contribution in [-0.2, 0) is 0 Å². The molecule has 0 atom stereocenters. The van der Waals surface area contributed by atoms with E-state index in [-0.39, 0.29) is 0 Å². The molecule has 5 heteroatoms. The average molecular weight is 364 g/mol. The number of nitrogens with zero attached hydrogens (tertiary/aromatic N) is 1. The van der Waals surface area contributed by atoms with Crippen LogP contribution in [0.4, 0.5) is 0 Å². The molecule has 0 aliphatic carbocycles. The van der Waals surface area contributed by atoms with E-state index in [1.54, 1.807) is 11.3 Å². The second kappa shape index (κ2) is 7.82. The number of halogens is 2. The van der Waals surface area contributed by atoms with E-state index in [4.69, 9.17) is 27.9 Å². The molecule has 118 valence electrons. The summed E-state index contributed by atoms with van der Waals surface area (Å²) in [6.07, 6.45) is 4.91. The highest BCUT2D eigenvalue weighted by molar-refractivity contribution is 7.19. The standard InChI is InChI=1S/C18H15Cl2NOS/c19-10-1-11-22-15-6-2-13(3-7-15)4-9-18-21-16-12-14(20)5-8-17(16)23-18/h2-9,12H,1,10-11H2/b9-4+. The average Bonchev–Trinajstić information content (AvgIpc) is 2.96. The van der Waals surface area contributed by atoms with Gasteiger partial charge in [0.1, 0.15) is 10.8 Å². The molecule has 0 bridgehead atoms. The van der Waals surface area contributed by atoms with Crippen molar-refractivity contribution in [3.63, 3.8) is 0 Å². The first-order chi connectivity index (χ1) is 11.2. The zero-order chi connectivity index (χ0) is 16.1. The maximum atomic E-state index is 5.99. The lowest BCUT2D eigenvalue weighted by molar-refractivity contribution is 0.318. The molecule has 0 amide bonds. The molecule has 2 aromatic carbocycles. The third-order valence-electron chi connectivity index (χ3n) is 3.21. The highest BCUT2D eigenvalue weighted by Crippen LogP contribution is 2.26. The predicted octanol–water partition coefficient (Wildman–Crippen LogP) is 6.13. The summed E-state index contributed by atoms with van der Waals surface area (Å²) in [5.74, 6) is 1.48. The Morgan fingerprint density at radius 1 is 1.09 bits per heavy atom. The molecule has 0 aliphatic rings. The summed E-state index contributed by atoms with van der Waals surface area (Å²) < 4.78 is 6.72. The number of aromatic nitrogens is 1. The smallest absolute Gasteiger partial charge is 0.119 e. The number of thiazole rings is 1. The van der Waals surface area contributed by atoms with Gasteiger partial charge in [-0.2, -0.15) is 0 Å². The van der Waals surface area contributed by atoms with Crippen LogP contribution in [0, 0.1) is 0 Å². The molecule has 0 saturated carbocycles. The Labute approximate surface area is 149 Å². The van der Waals surface area contributed by atoms with Gasteiger partial charge in [0.25, 0.3) is 0 Å². The molecular formula is C18H15Cl2NOS. The van der Waals surface area contributed by atoms with E-state index >= 15 is 0 Å². The summed E-state index contributed by atoms with van der Waals surface area (Å²) in [5.41, 5.74) is 2.04. The van der Waals surface area contributed by atoms with Crippen LogP contribution in [0.25, 0.3) is 22.4 Å². The Bertz CT molecular complexity index is 812. The van der Waals surface area contributed by atoms with Crippen LogP contribution < -0.4 is 4.74 Å². The first-order valence-corrected chi connectivity index (χ1v) is 9.00. The minimum Gasteiger partial charge on any atom is -0.494 e. The van der Waals surface area contributed by atoms with Gasteiger partial charge in [0.15, 0.2) is 0 Å². The van der Waals surface area contributed by atoms with E-state index in [1.807, 2.05) is 54.6 Å². The summed E-state index contributed by atoms with van der Waals surface area (Å²) in [4.78, 5) is 4.57. The van der Waals surface area contributed by atoms with E-state index in [9.17, 15) is 0 Å². The van der Waals surface area contributed by atoms with Crippen molar-refractivity contribution in [2.75, 3.05) is 12.5 Å². The zero-order valence-corrected chi connectivity index (χ0v) is 14.7. The first-order valence-electron chi connectivity index (χ1n) is 7.27. The number of ether oxygens (including phenoxy) is 1. The Balaban J connectivity index is 1.68. The largest absolute Gasteiger partial charge is 0.494 e. The highest BCUT2D eigenvalue weighted by atomic mass is 35.5. The second-order valence-electron chi connectivity index (χ2n) is 4.96. The Morgan fingerprint density at radius 2 is 1.91 bits per heavy atom. The van der Waals surface area contributed by atoms with Gasteiger partial charge in [-0.05, 0) is 48.4 Å². The summed E-state index contributed by atoms with van der Waals surface area (Å²) in [5, 5.41) is 1.67. The Morgan fingerprint density at radius 3 is 2.70 bits per heavy atom. The van der Waals surface area contributed by atoms with E-state index in [2.05, 4.69) is 4.98 Å². The Hall–Kier alpha value is -1.55. The van der Waals surface area contributed by atoms with Gasteiger partial charge in [0, 0.05) is 10.9 Å². The van der Waals surface area contributed by atoms with Crippen molar-refractivity contribution in [2.24, 2.45) is 0 Å². The molecule has 2 nitrogen and oxygen atoms in total. The molecule has 1 aromatic heterocycles. The van der Waals surface area contributed by atoms with Crippen LogP contribution in [0.3, 0.4) is 0 Å². The SMILES string of the molecule is ClCCCOc1ccc(/C=C/c2nc3cc(Cl)ccc3s2)cc1. The van der Waals surface area contributed by atoms with Crippen molar-refractivity contribution in [1.29, 1.82) is 0 Å². The summed E-state index contributed by atoms with van der Waals surface area (Å²) in [6.45, 7) is 0.646. The number of fused-ring (bicyclic) bond motifs is 1. The maximum Gasteiger partial charge on any atom is 0.119 e. The number of alkyl halides is 1. The summed E-state index contributed by atoms with van der Waals surface area (Å²) in [7, 11) is 0. The molecule has 0 aliphatic heterocycles. The number of benzene rings is 2. The molecule has 0 fully saturated rings. The minimum atomic E-state index is 0.619. The van der Waals surface area contributed by atoms with Crippen molar-refractivity contribution in [1.82, 2.24) is 4.98 Å². The summed E-state index contributed by atoms with van der Waals surface area (Å²) in [6, 6.07) is 13.8. The van der Waals surface area contributed by atoms with Crippen molar-refractivity contribution in [2.45, 2.75) is 6.42 Å². The number of hydrogen-bond acceptors (Lipinski definition) is 3. The van der Waals surface area contributed by atoms with Gasteiger partial charge < -0.3 is 4.74 Å². The van der Waals surface area contributed by atoms with Crippen molar-refractivity contribution in [3.05, 3.63) is 58.1 Å². The van der Waals surface area contributed by atoms with Crippen LogP contribution in [0.1, 0.15) is 17.0 Å². The van der Waals surface area contributed by atoms with Crippen LogP contribution in [0.15, 0.2) is 42.5 Å². The van der Waals surface area contributed by atoms with Gasteiger partial charge in [0.2, 0.25) is 0 Å². The normalized spacial score (nSPS) is 11.4. The fourth-order valence-corrected chi connectivity index (χ4v) is 3.20. The molecule has 0 radical (unpaired) electrons. The van der Waals surface area contributed by atoms with Gasteiger partial charge in [-0.3, -0.25) is 0 Å². The van der Waals surface area contributed by atoms with Gasteiger partial charge >= 0.3 is 0 Å². The summed E-state index contributed by atoms with van der Waals surface area (Å²) >= 11 is 13.3. The van der Waals surface area contributed by atoms with Crippen LogP contribution in [-0.4, -0.2) is 17.5 Å². The topological polar surface area (TPSA) is 22.1 Å². The fourth-order valence-electron chi connectivity index (χ4n) is 2.08. The third-order valence-corrected chi connectivity index (χ3v) is 4.72. The van der Waals surface area contributed by atoms with Crippen molar-refractivity contribution in [3.8, 4) is 5.75 Å². The monoisotopic (exact) mass is 363 g/mol. The van der Waals surface area contributed by atoms with Crippen molar-refractivity contribution >= 4 is 56.9 Å². The van der Waals surface area contributed by atoms with Gasteiger partial charge in [0.05, 0.1) is 16.8 Å². The van der Waals surface area contributed by atoms with Gasteiger partial charge in [-0.1, -0.05) is 29.8 Å². The fraction of sp³-hybridized carbons (Fsp3) is 0.167. The van der Waals surface area contributed by atoms with E-state index < -0.39 is 0 Å². The van der Waals surface area contributed by atoms with Crippen LogP contribution in [0.5, 0.6) is 5.75 Å². The quantitative estimate of drug-likeness (QED) is 0.388. The van der Waals surface area contributed by atoms with Gasteiger partial charge in [-0.15, -0.1) is 22.9 Å². The molecular weight excluding hydrogens is 349 g/mol. The second-order valence-corrected chi connectivity index (χ2v) is 6.83. The molecule has 23 heavy (non-hydrogen) atoms. The molecule has 0 spiro atoms. The maximum absolute atomic E-state index is 5.99. The lowest BCUT2D eigenvalue weighted by Gasteiger charge is -2.04. The van der Waals surface area contributed by atoms with Crippen LogP contribution >= 0.6 is 34.5 Å². The predicted molar refractivity (Wildman–Crippen MR) is 101 cm³/mol. The van der Waals surface area contributed by atoms with Crippen molar-refractivity contribution < 1.29 is 4.74 Å². The third kappa shape index (κ3) is 4.47. The van der Waals surface area contributed by atoms with E-state index in [0.29, 0.717) is 17.5 Å². The van der Waals surface area contributed by atoms with Crippen LogP contribution in [0.2, 0.25) is 5.02 Å². The molecule has 3 rings (SSSR count).